The first-order valence-electron chi connectivity index (χ1n) is 5.16. The zero-order valence-corrected chi connectivity index (χ0v) is 11.1. The highest BCUT2D eigenvalue weighted by Crippen LogP contribution is 2.09. The molecule has 1 rings (SSSR count). The number of hydrogen-bond acceptors (Lipinski definition) is 4. The first kappa shape index (κ1) is 14.0. The molecule has 0 radical (unpaired) electrons. The lowest BCUT2D eigenvalue weighted by atomic mass is 10.2. The second-order valence-corrected chi connectivity index (χ2v) is 5.82. The smallest absolute Gasteiger partial charge is 0.242 e. The van der Waals surface area contributed by atoms with Gasteiger partial charge in [0.2, 0.25) is 10.0 Å². The van der Waals surface area contributed by atoms with E-state index in [0.717, 1.165) is 0 Å². The van der Waals surface area contributed by atoms with Crippen LogP contribution in [0.15, 0.2) is 29.4 Å². The maximum atomic E-state index is 11.9. The molecule has 94 valence electrons. The van der Waals surface area contributed by atoms with Crippen LogP contribution in [-0.2, 0) is 10.0 Å². The molecule has 3 N–H and O–H groups in total. The molecule has 0 spiro atoms. The fourth-order valence-electron chi connectivity index (χ4n) is 1.31. The van der Waals surface area contributed by atoms with Gasteiger partial charge in [-0.25, -0.2) is 13.1 Å². The summed E-state index contributed by atoms with van der Waals surface area (Å²) in [5.74, 6) is 0. The van der Waals surface area contributed by atoms with E-state index in [1.54, 1.807) is 6.07 Å². The van der Waals surface area contributed by atoms with Crippen molar-refractivity contribution in [3.05, 3.63) is 24.5 Å². The summed E-state index contributed by atoms with van der Waals surface area (Å²) in [6.07, 6.45) is 3.79. The largest absolute Gasteiger partial charge is 0.393 e. The maximum absolute atomic E-state index is 11.9. The van der Waals surface area contributed by atoms with Gasteiger partial charge in [-0.2, -0.15) is 0 Å². The predicted octanol–water partition coefficient (Wildman–Crippen LogP) is 0.815. The van der Waals surface area contributed by atoms with Crippen molar-refractivity contribution < 1.29 is 8.42 Å². The van der Waals surface area contributed by atoms with Crippen molar-refractivity contribution in [3.63, 3.8) is 0 Å². The van der Waals surface area contributed by atoms with Gasteiger partial charge in [0.15, 0.2) is 0 Å². The van der Waals surface area contributed by atoms with Crippen LogP contribution in [0.1, 0.15) is 19.8 Å². The van der Waals surface area contributed by atoms with Crippen LogP contribution in [0.5, 0.6) is 0 Å². The van der Waals surface area contributed by atoms with Crippen molar-refractivity contribution in [3.8, 4) is 0 Å². The van der Waals surface area contributed by atoms with Gasteiger partial charge in [0.25, 0.3) is 0 Å². The predicted molar refractivity (Wildman–Crippen MR) is 70.0 cm³/mol. The van der Waals surface area contributed by atoms with E-state index in [4.69, 9.17) is 18.0 Å². The fraction of sp³-hybridized carbons (Fsp3) is 0.400. The molecule has 0 bridgehead atoms. The van der Waals surface area contributed by atoms with Crippen molar-refractivity contribution in [2.24, 2.45) is 5.73 Å². The third kappa shape index (κ3) is 4.37. The van der Waals surface area contributed by atoms with Gasteiger partial charge in [0.1, 0.15) is 4.90 Å². The number of nitrogens with one attached hydrogen (secondary N) is 1. The molecular formula is C10H15N3O2S2. The lowest BCUT2D eigenvalue weighted by molar-refractivity contribution is 0.546. The minimum absolute atomic E-state index is 0.140. The molecule has 0 amide bonds. The Morgan fingerprint density at radius 1 is 1.65 bits per heavy atom. The van der Waals surface area contributed by atoms with E-state index >= 15 is 0 Å². The Labute approximate surface area is 106 Å². The van der Waals surface area contributed by atoms with Gasteiger partial charge in [-0.1, -0.05) is 19.1 Å². The van der Waals surface area contributed by atoms with Crippen LogP contribution in [0.4, 0.5) is 0 Å². The van der Waals surface area contributed by atoms with Crippen LogP contribution in [0.25, 0.3) is 0 Å². The van der Waals surface area contributed by atoms with Crippen LogP contribution in [-0.4, -0.2) is 24.4 Å². The second kappa shape index (κ2) is 6.04. The van der Waals surface area contributed by atoms with Gasteiger partial charge in [-0.3, -0.25) is 4.98 Å². The van der Waals surface area contributed by atoms with Gasteiger partial charge in [0, 0.05) is 24.9 Å². The topological polar surface area (TPSA) is 85.1 Å². The lowest BCUT2D eigenvalue weighted by Crippen LogP contribution is -2.37. The second-order valence-electron chi connectivity index (χ2n) is 3.59. The standard InChI is InChI=1S/C10H15N3O2S2/c1-2-8(6-10(11)16)13-17(14,15)9-4-3-5-12-7-9/h3-5,7-8,13H,2,6H2,1H3,(H2,11,16). The molecule has 0 aliphatic heterocycles. The number of pyridine rings is 1. The Balaban J connectivity index is 2.82. The summed E-state index contributed by atoms with van der Waals surface area (Å²) in [6.45, 7) is 1.87. The van der Waals surface area contributed by atoms with Crippen LogP contribution < -0.4 is 10.5 Å². The molecule has 1 aromatic heterocycles. The summed E-state index contributed by atoms with van der Waals surface area (Å²) in [7, 11) is -3.54. The monoisotopic (exact) mass is 273 g/mol. The third-order valence-electron chi connectivity index (χ3n) is 2.21. The highest BCUT2D eigenvalue weighted by molar-refractivity contribution is 7.89. The van der Waals surface area contributed by atoms with Gasteiger partial charge in [0.05, 0.1) is 4.99 Å². The molecule has 1 heterocycles. The van der Waals surface area contributed by atoms with Crippen LogP contribution in [0.3, 0.4) is 0 Å². The summed E-state index contributed by atoms with van der Waals surface area (Å²) in [5, 5.41) is 0. The van der Waals surface area contributed by atoms with E-state index in [1.807, 2.05) is 6.92 Å². The molecule has 1 aromatic rings. The van der Waals surface area contributed by atoms with Crippen molar-refractivity contribution in [1.29, 1.82) is 0 Å². The van der Waals surface area contributed by atoms with E-state index in [-0.39, 0.29) is 10.9 Å². The fourth-order valence-corrected chi connectivity index (χ4v) is 2.79. The van der Waals surface area contributed by atoms with E-state index in [1.165, 1.54) is 18.5 Å². The van der Waals surface area contributed by atoms with E-state index in [9.17, 15) is 8.42 Å². The Morgan fingerprint density at radius 2 is 2.35 bits per heavy atom. The quantitative estimate of drug-likeness (QED) is 0.749. The van der Waals surface area contributed by atoms with Crippen molar-refractivity contribution in [2.75, 3.05) is 0 Å². The average Bonchev–Trinajstić information content (AvgIpc) is 2.28. The summed E-state index contributed by atoms with van der Waals surface area (Å²) in [4.78, 5) is 4.21. The Bertz CT molecular complexity index is 474. The highest BCUT2D eigenvalue weighted by atomic mass is 32.2. The van der Waals surface area contributed by atoms with Crippen LogP contribution in [0, 0.1) is 0 Å². The van der Waals surface area contributed by atoms with E-state index in [2.05, 4.69) is 9.71 Å². The number of nitrogens with zero attached hydrogens (tertiary/aromatic N) is 1. The molecule has 0 saturated heterocycles. The van der Waals surface area contributed by atoms with Crippen LogP contribution in [0.2, 0.25) is 0 Å². The molecule has 7 heteroatoms. The zero-order valence-electron chi connectivity index (χ0n) is 9.46. The highest BCUT2D eigenvalue weighted by Gasteiger charge is 2.19. The number of sulfonamides is 1. The number of nitrogens with two attached hydrogens (primary N) is 1. The molecule has 1 unspecified atom stereocenters. The first-order valence-corrected chi connectivity index (χ1v) is 7.05. The van der Waals surface area contributed by atoms with E-state index in [0.29, 0.717) is 17.8 Å². The van der Waals surface area contributed by atoms with Gasteiger partial charge in [-0.15, -0.1) is 0 Å². The molecule has 0 fully saturated rings. The molecule has 0 aliphatic rings. The van der Waals surface area contributed by atoms with Crippen molar-refractivity contribution in [2.45, 2.75) is 30.7 Å². The lowest BCUT2D eigenvalue weighted by Gasteiger charge is -2.16. The SMILES string of the molecule is CCC(CC(N)=S)NS(=O)(=O)c1cccnc1. The number of thiocarbonyl (C=S) groups is 1. The zero-order chi connectivity index (χ0) is 12.9. The van der Waals surface area contributed by atoms with Crippen LogP contribution >= 0.6 is 12.2 Å². The molecule has 1 atom stereocenters. The van der Waals surface area contributed by atoms with Gasteiger partial charge in [-0.05, 0) is 18.6 Å². The maximum Gasteiger partial charge on any atom is 0.242 e. The number of aromatic nitrogens is 1. The summed E-state index contributed by atoms with van der Waals surface area (Å²) in [5.41, 5.74) is 5.41. The Kier molecular flexibility index (Phi) is 4.98. The number of hydrogen-bond donors (Lipinski definition) is 2. The molecule has 0 aromatic carbocycles. The summed E-state index contributed by atoms with van der Waals surface area (Å²) < 4.78 is 26.5. The normalized spacial score (nSPS) is 13.2. The van der Waals surface area contributed by atoms with Gasteiger partial charge < -0.3 is 5.73 Å². The summed E-state index contributed by atoms with van der Waals surface area (Å²) >= 11 is 4.77. The minimum atomic E-state index is -3.54. The van der Waals surface area contributed by atoms with Crippen molar-refractivity contribution >= 4 is 27.2 Å². The molecule has 17 heavy (non-hydrogen) atoms. The molecule has 0 saturated carbocycles. The Morgan fingerprint density at radius 3 is 2.82 bits per heavy atom. The Hall–Kier alpha value is -1.05. The third-order valence-corrected chi connectivity index (χ3v) is 3.88. The molecular weight excluding hydrogens is 258 g/mol. The molecule has 0 aliphatic carbocycles. The van der Waals surface area contributed by atoms with E-state index < -0.39 is 10.0 Å². The average molecular weight is 273 g/mol. The van der Waals surface area contributed by atoms with Crippen molar-refractivity contribution in [1.82, 2.24) is 9.71 Å². The van der Waals surface area contributed by atoms with Gasteiger partial charge >= 0.3 is 0 Å². The molecule has 5 nitrogen and oxygen atoms in total. The first-order chi connectivity index (χ1) is 7.95. The summed E-state index contributed by atoms with van der Waals surface area (Å²) in [6, 6.07) is 2.78. The number of rotatable bonds is 6. The minimum Gasteiger partial charge on any atom is -0.393 e.